The molecule has 0 radical (unpaired) electrons. The van der Waals surface area contributed by atoms with Gasteiger partial charge in [-0.25, -0.2) is 13.4 Å². The molecule has 0 bridgehead atoms. The molecule has 0 aliphatic carbocycles. The van der Waals surface area contributed by atoms with Gasteiger partial charge in [-0.05, 0) is 13.0 Å². The highest BCUT2D eigenvalue weighted by atomic mass is 32.2. The van der Waals surface area contributed by atoms with Crippen molar-refractivity contribution in [3.8, 4) is 0 Å². The molecule has 6 heteroatoms. The first-order valence-electron chi connectivity index (χ1n) is 4.92. The van der Waals surface area contributed by atoms with Gasteiger partial charge in [-0.3, -0.25) is 0 Å². The van der Waals surface area contributed by atoms with Gasteiger partial charge in [0.05, 0.1) is 0 Å². The first-order valence-corrected chi connectivity index (χ1v) is 6.98. The molecule has 0 saturated carbocycles. The Bertz CT molecular complexity index is 397. The van der Waals surface area contributed by atoms with Crippen LogP contribution in [-0.4, -0.2) is 31.2 Å². The van der Waals surface area contributed by atoms with Crippen LogP contribution in [0.15, 0.2) is 6.20 Å². The zero-order chi connectivity index (χ0) is 11.3. The number of aromatic amines is 1. The molecule has 0 aromatic carbocycles. The zero-order valence-electron chi connectivity index (χ0n) is 9.08. The van der Waals surface area contributed by atoms with Gasteiger partial charge in [-0.1, -0.05) is 6.92 Å². The van der Waals surface area contributed by atoms with E-state index in [1.807, 2.05) is 0 Å². The summed E-state index contributed by atoms with van der Waals surface area (Å²) in [5.41, 5.74) is 0.919. The van der Waals surface area contributed by atoms with Crippen LogP contribution in [-0.2, 0) is 22.1 Å². The van der Waals surface area contributed by atoms with E-state index >= 15 is 0 Å². The number of sulfone groups is 1. The van der Waals surface area contributed by atoms with Gasteiger partial charge in [-0.15, -0.1) is 0 Å². The van der Waals surface area contributed by atoms with E-state index in [2.05, 4.69) is 22.2 Å². The van der Waals surface area contributed by atoms with Crippen LogP contribution < -0.4 is 5.32 Å². The lowest BCUT2D eigenvalue weighted by Crippen LogP contribution is -2.14. The Balaban J connectivity index is 2.49. The van der Waals surface area contributed by atoms with E-state index in [-0.39, 0.29) is 5.75 Å². The molecule has 1 rings (SSSR count). The normalized spacial score (nSPS) is 11.9. The maximum Gasteiger partial charge on any atom is 0.154 e. The molecular weight excluding hydrogens is 214 g/mol. The monoisotopic (exact) mass is 231 g/mol. The Morgan fingerprint density at radius 2 is 2.27 bits per heavy atom. The third kappa shape index (κ3) is 4.94. The number of hydrogen-bond donors (Lipinski definition) is 2. The molecule has 1 heterocycles. The van der Waals surface area contributed by atoms with Crippen molar-refractivity contribution in [2.24, 2.45) is 0 Å². The standard InChI is InChI=1S/C9H17N3O2S/c1-3-4-10-5-8-6-11-9(12-8)7-15(2,13)14/h6,10H,3-5,7H2,1-2H3,(H,11,12). The summed E-state index contributed by atoms with van der Waals surface area (Å²) in [6.45, 7) is 3.74. The molecule has 0 unspecified atom stereocenters. The van der Waals surface area contributed by atoms with Gasteiger partial charge in [0.1, 0.15) is 11.6 Å². The summed E-state index contributed by atoms with van der Waals surface area (Å²) in [5.74, 6) is 0.478. The van der Waals surface area contributed by atoms with Crippen molar-refractivity contribution in [2.75, 3.05) is 12.8 Å². The number of H-pyrrole nitrogens is 1. The third-order valence-electron chi connectivity index (χ3n) is 1.82. The van der Waals surface area contributed by atoms with Crippen LogP contribution in [0.1, 0.15) is 24.9 Å². The highest BCUT2D eigenvalue weighted by Gasteiger charge is 2.07. The van der Waals surface area contributed by atoms with Gasteiger partial charge in [0.2, 0.25) is 0 Å². The van der Waals surface area contributed by atoms with E-state index in [1.54, 1.807) is 6.20 Å². The second kappa shape index (κ2) is 5.27. The van der Waals surface area contributed by atoms with Gasteiger partial charge >= 0.3 is 0 Å². The summed E-state index contributed by atoms with van der Waals surface area (Å²) in [7, 11) is -3.00. The predicted molar refractivity (Wildman–Crippen MR) is 59.1 cm³/mol. The summed E-state index contributed by atoms with van der Waals surface area (Å²) in [4.78, 5) is 6.98. The fourth-order valence-electron chi connectivity index (χ4n) is 1.22. The quantitative estimate of drug-likeness (QED) is 0.697. The topological polar surface area (TPSA) is 74.8 Å². The maximum absolute atomic E-state index is 11.0. The number of nitrogens with one attached hydrogen (secondary N) is 2. The number of aromatic nitrogens is 2. The minimum absolute atomic E-state index is 0.0270. The molecule has 0 saturated heterocycles. The molecular formula is C9H17N3O2S. The Hall–Kier alpha value is -0.880. The van der Waals surface area contributed by atoms with Crippen LogP contribution in [0.5, 0.6) is 0 Å². The Morgan fingerprint density at radius 3 is 2.87 bits per heavy atom. The van der Waals surface area contributed by atoms with Crippen LogP contribution in [0.4, 0.5) is 0 Å². The van der Waals surface area contributed by atoms with E-state index in [1.165, 1.54) is 6.26 Å². The van der Waals surface area contributed by atoms with Crippen LogP contribution in [0.2, 0.25) is 0 Å². The fourth-order valence-corrected chi connectivity index (χ4v) is 1.86. The molecule has 0 atom stereocenters. The average Bonchev–Trinajstić information content (AvgIpc) is 2.50. The lowest BCUT2D eigenvalue weighted by atomic mass is 10.4. The second-order valence-electron chi connectivity index (χ2n) is 3.60. The van der Waals surface area contributed by atoms with Gasteiger partial charge in [0.15, 0.2) is 9.84 Å². The van der Waals surface area contributed by atoms with Crippen LogP contribution in [0.25, 0.3) is 0 Å². The fraction of sp³-hybridized carbons (Fsp3) is 0.667. The molecule has 15 heavy (non-hydrogen) atoms. The van der Waals surface area contributed by atoms with Crippen molar-refractivity contribution in [2.45, 2.75) is 25.6 Å². The summed E-state index contributed by atoms with van der Waals surface area (Å²) >= 11 is 0. The Labute approximate surface area is 90.2 Å². The minimum Gasteiger partial charge on any atom is -0.344 e. The van der Waals surface area contributed by atoms with Gasteiger partial charge < -0.3 is 10.3 Å². The van der Waals surface area contributed by atoms with Crippen molar-refractivity contribution >= 4 is 9.84 Å². The van der Waals surface area contributed by atoms with Crippen LogP contribution in [0, 0.1) is 0 Å². The molecule has 5 nitrogen and oxygen atoms in total. The summed E-state index contributed by atoms with van der Waals surface area (Å²) in [6, 6.07) is 0. The molecule has 0 amide bonds. The molecule has 0 spiro atoms. The lowest BCUT2D eigenvalue weighted by molar-refractivity contribution is 0.600. The highest BCUT2D eigenvalue weighted by Crippen LogP contribution is 2.01. The maximum atomic E-state index is 11.0. The highest BCUT2D eigenvalue weighted by molar-refractivity contribution is 7.89. The molecule has 0 aliphatic rings. The van der Waals surface area contributed by atoms with E-state index in [0.29, 0.717) is 12.4 Å². The largest absolute Gasteiger partial charge is 0.344 e. The van der Waals surface area contributed by atoms with E-state index in [0.717, 1.165) is 18.7 Å². The SMILES string of the molecule is CCCNCc1cnc(CS(C)(=O)=O)[nH]1. The van der Waals surface area contributed by atoms with Gasteiger partial charge in [-0.2, -0.15) is 0 Å². The Kier molecular flexibility index (Phi) is 4.28. The molecule has 86 valence electrons. The van der Waals surface area contributed by atoms with Crippen molar-refractivity contribution in [3.05, 3.63) is 17.7 Å². The molecule has 0 fully saturated rings. The van der Waals surface area contributed by atoms with Gasteiger partial charge in [0, 0.05) is 24.7 Å². The van der Waals surface area contributed by atoms with Crippen molar-refractivity contribution < 1.29 is 8.42 Å². The summed E-state index contributed by atoms with van der Waals surface area (Å²) in [6.07, 6.45) is 3.94. The lowest BCUT2D eigenvalue weighted by Gasteiger charge is -1.99. The number of imidazole rings is 1. The number of hydrogen-bond acceptors (Lipinski definition) is 4. The second-order valence-corrected chi connectivity index (χ2v) is 5.74. The minimum atomic E-state index is -3.00. The average molecular weight is 231 g/mol. The summed E-state index contributed by atoms with van der Waals surface area (Å²) in [5, 5.41) is 3.21. The van der Waals surface area contributed by atoms with E-state index < -0.39 is 9.84 Å². The Morgan fingerprint density at radius 1 is 1.53 bits per heavy atom. The smallest absolute Gasteiger partial charge is 0.154 e. The van der Waals surface area contributed by atoms with E-state index in [4.69, 9.17) is 0 Å². The third-order valence-corrected chi connectivity index (χ3v) is 2.62. The molecule has 1 aromatic rings. The predicted octanol–water partition coefficient (Wildman–Crippen LogP) is 0.454. The summed E-state index contributed by atoms with van der Waals surface area (Å²) < 4.78 is 22.0. The van der Waals surface area contributed by atoms with Crippen molar-refractivity contribution in [3.63, 3.8) is 0 Å². The van der Waals surface area contributed by atoms with Crippen LogP contribution in [0.3, 0.4) is 0 Å². The first kappa shape index (κ1) is 12.2. The van der Waals surface area contributed by atoms with Crippen molar-refractivity contribution in [1.82, 2.24) is 15.3 Å². The van der Waals surface area contributed by atoms with E-state index in [9.17, 15) is 8.42 Å². The molecule has 2 N–H and O–H groups in total. The zero-order valence-corrected chi connectivity index (χ0v) is 9.89. The first-order chi connectivity index (χ1) is 7.01. The number of nitrogens with zero attached hydrogens (tertiary/aromatic N) is 1. The molecule has 1 aromatic heterocycles. The van der Waals surface area contributed by atoms with Crippen LogP contribution >= 0.6 is 0 Å². The van der Waals surface area contributed by atoms with Gasteiger partial charge in [0.25, 0.3) is 0 Å². The molecule has 0 aliphatic heterocycles. The number of rotatable bonds is 6. The van der Waals surface area contributed by atoms with Crippen molar-refractivity contribution in [1.29, 1.82) is 0 Å².